The van der Waals surface area contributed by atoms with Gasteiger partial charge in [-0.05, 0) is 30.4 Å². The molecule has 0 radical (unpaired) electrons. The summed E-state index contributed by atoms with van der Waals surface area (Å²) in [6, 6.07) is 6.57. The van der Waals surface area contributed by atoms with Crippen molar-refractivity contribution in [3.05, 3.63) is 34.3 Å². The third-order valence-electron chi connectivity index (χ3n) is 3.84. The van der Waals surface area contributed by atoms with E-state index in [1.54, 1.807) is 0 Å². The Bertz CT molecular complexity index is 535. The van der Waals surface area contributed by atoms with Crippen molar-refractivity contribution in [2.75, 3.05) is 6.54 Å². The number of likely N-dealkylation sites (tertiary alicyclic amines) is 1. The largest absolute Gasteiger partial charge is 0.480 e. The highest BCUT2D eigenvalue weighted by molar-refractivity contribution is 9.10. The second-order valence-corrected chi connectivity index (χ2v) is 6.20. The Kier molecular flexibility index (Phi) is 5.22. The lowest BCUT2D eigenvalue weighted by atomic mass is 9.91. The zero-order valence-electron chi connectivity index (χ0n) is 11.9. The molecule has 2 atom stereocenters. The molecule has 1 heterocycles. The molecule has 0 saturated carbocycles. The first-order valence-corrected chi connectivity index (χ1v) is 7.80. The third-order valence-corrected chi connectivity index (χ3v) is 4.61. The van der Waals surface area contributed by atoms with Gasteiger partial charge in [-0.15, -0.1) is 0 Å². The molecule has 114 valence electrons. The molecule has 1 aromatic carbocycles. The minimum absolute atomic E-state index is 0.0227. The van der Waals surface area contributed by atoms with Gasteiger partial charge in [0.05, 0.1) is 0 Å². The molecule has 1 fully saturated rings. The first kappa shape index (κ1) is 15.8. The van der Waals surface area contributed by atoms with Gasteiger partial charge < -0.3 is 15.3 Å². The van der Waals surface area contributed by atoms with Crippen molar-refractivity contribution in [3.63, 3.8) is 0 Å². The summed E-state index contributed by atoms with van der Waals surface area (Å²) in [7, 11) is 0. The van der Waals surface area contributed by atoms with Crippen LogP contribution in [0.4, 0.5) is 4.79 Å². The van der Waals surface area contributed by atoms with Crippen LogP contribution in [0.3, 0.4) is 0 Å². The van der Waals surface area contributed by atoms with Gasteiger partial charge in [-0.1, -0.05) is 41.1 Å². The maximum absolute atomic E-state index is 12.3. The number of piperidine rings is 1. The summed E-state index contributed by atoms with van der Waals surface area (Å²) in [5.74, 6) is -0.955. The number of benzene rings is 1. The molecule has 2 amide bonds. The molecule has 0 spiro atoms. The number of amides is 2. The molecule has 0 bridgehead atoms. The summed E-state index contributed by atoms with van der Waals surface area (Å²) >= 11 is 3.43. The van der Waals surface area contributed by atoms with E-state index in [-0.39, 0.29) is 11.9 Å². The second kappa shape index (κ2) is 6.93. The molecule has 2 rings (SSSR count). The lowest BCUT2D eigenvalue weighted by Gasteiger charge is -2.37. The van der Waals surface area contributed by atoms with Gasteiger partial charge in [-0.3, -0.25) is 0 Å². The lowest BCUT2D eigenvalue weighted by Crippen LogP contribution is -2.54. The molecule has 0 aliphatic carbocycles. The molecule has 21 heavy (non-hydrogen) atoms. The molecular formula is C15H19BrN2O3. The fourth-order valence-electron chi connectivity index (χ4n) is 2.71. The van der Waals surface area contributed by atoms with E-state index in [0.29, 0.717) is 13.1 Å². The number of carbonyl (C=O) groups excluding carboxylic acids is 1. The maximum atomic E-state index is 12.3. The van der Waals surface area contributed by atoms with E-state index in [0.717, 1.165) is 22.9 Å². The number of nitrogens with one attached hydrogen (secondary N) is 1. The Labute approximate surface area is 132 Å². The van der Waals surface area contributed by atoms with Gasteiger partial charge in [0.1, 0.15) is 6.04 Å². The van der Waals surface area contributed by atoms with Crippen molar-refractivity contribution in [3.8, 4) is 0 Å². The molecule has 1 aliphatic rings. The van der Waals surface area contributed by atoms with Gasteiger partial charge >= 0.3 is 12.0 Å². The Balaban J connectivity index is 2.02. The summed E-state index contributed by atoms with van der Waals surface area (Å²) in [6.45, 7) is 2.74. The molecule has 1 aliphatic heterocycles. The number of carbonyl (C=O) groups is 2. The van der Waals surface area contributed by atoms with Crippen LogP contribution in [0.2, 0.25) is 0 Å². The maximum Gasteiger partial charge on any atom is 0.326 e. The Morgan fingerprint density at radius 1 is 1.43 bits per heavy atom. The van der Waals surface area contributed by atoms with E-state index in [2.05, 4.69) is 21.2 Å². The molecule has 0 aromatic heterocycles. The average molecular weight is 355 g/mol. The number of hydrogen-bond acceptors (Lipinski definition) is 2. The standard InChI is InChI=1S/C15H19BrN2O3/c1-10-5-4-8-18(13(10)14(19)20)15(21)17-9-11-6-2-3-7-12(11)16/h2-3,6-7,10,13H,4-5,8-9H2,1H3,(H,17,21)(H,19,20). The Morgan fingerprint density at radius 3 is 2.81 bits per heavy atom. The van der Waals surface area contributed by atoms with E-state index in [4.69, 9.17) is 0 Å². The number of halogens is 1. The van der Waals surface area contributed by atoms with Crippen molar-refractivity contribution >= 4 is 27.9 Å². The van der Waals surface area contributed by atoms with Gasteiger partial charge in [-0.25, -0.2) is 9.59 Å². The molecule has 2 N–H and O–H groups in total. The highest BCUT2D eigenvalue weighted by Crippen LogP contribution is 2.23. The number of rotatable bonds is 3. The van der Waals surface area contributed by atoms with E-state index in [9.17, 15) is 14.7 Å². The van der Waals surface area contributed by atoms with Crippen LogP contribution in [-0.2, 0) is 11.3 Å². The van der Waals surface area contributed by atoms with Crippen LogP contribution >= 0.6 is 15.9 Å². The summed E-state index contributed by atoms with van der Waals surface area (Å²) < 4.78 is 0.923. The topological polar surface area (TPSA) is 69.6 Å². The fraction of sp³-hybridized carbons (Fsp3) is 0.467. The van der Waals surface area contributed by atoms with Crippen molar-refractivity contribution in [1.29, 1.82) is 0 Å². The Hall–Kier alpha value is -1.56. The van der Waals surface area contributed by atoms with Crippen LogP contribution < -0.4 is 5.32 Å². The summed E-state index contributed by atoms with van der Waals surface area (Å²) in [5.41, 5.74) is 0.961. The smallest absolute Gasteiger partial charge is 0.326 e. The van der Waals surface area contributed by atoms with Crippen LogP contribution in [0.25, 0.3) is 0 Å². The molecule has 1 aromatic rings. The predicted octanol–water partition coefficient (Wildman–Crippen LogP) is 2.84. The predicted molar refractivity (Wildman–Crippen MR) is 82.9 cm³/mol. The quantitative estimate of drug-likeness (QED) is 0.876. The summed E-state index contributed by atoms with van der Waals surface area (Å²) in [5, 5.41) is 12.1. The number of aliphatic carboxylic acids is 1. The molecule has 6 heteroatoms. The summed E-state index contributed by atoms with van der Waals surface area (Å²) in [4.78, 5) is 25.1. The van der Waals surface area contributed by atoms with E-state index in [1.165, 1.54) is 4.90 Å². The van der Waals surface area contributed by atoms with Crippen LogP contribution in [-0.4, -0.2) is 34.6 Å². The van der Waals surface area contributed by atoms with Crippen molar-refractivity contribution < 1.29 is 14.7 Å². The zero-order chi connectivity index (χ0) is 15.4. The van der Waals surface area contributed by atoms with E-state index in [1.807, 2.05) is 31.2 Å². The zero-order valence-corrected chi connectivity index (χ0v) is 13.5. The molecule has 1 saturated heterocycles. The minimum Gasteiger partial charge on any atom is -0.480 e. The highest BCUT2D eigenvalue weighted by atomic mass is 79.9. The van der Waals surface area contributed by atoms with Crippen LogP contribution in [0, 0.1) is 5.92 Å². The van der Waals surface area contributed by atoms with Crippen molar-refractivity contribution in [2.24, 2.45) is 5.92 Å². The SMILES string of the molecule is CC1CCCN(C(=O)NCc2ccccc2Br)C1C(=O)O. The molecule has 5 nitrogen and oxygen atoms in total. The van der Waals surface area contributed by atoms with E-state index >= 15 is 0 Å². The number of hydrogen-bond donors (Lipinski definition) is 2. The third kappa shape index (κ3) is 3.75. The normalized spacial score (nSPS) is 21.9. The van der Waals surface area contributed by atoms with Gasteiger partial charge in [0, 0.05) is 17.6 Å². The first-order valence-electron chi connectivity index (χ1n) is 7.01. The summed E-state index contributed by atoms with van der Waals surface area (Å²) in [6.07, 6.45) is 1.68. The number of carboxylic acids is 1. The van der Waals surface area contributed by atoms with Crippen LogP contribution in [0.15, 0.2) is 28.7 Å². The molecule has 2 unspecified atom stereocenters. The van der Waals surface area contributed by atoms with Gasteiger partial charge in [0.2, 0.25) is 0 Å². The number of nitrogens with zero attached hydrogens (tertiary/aromatic N) is 1. The van der Waals surface area contributed by atoms with Crippen LogP contribution in [0.1, 0.15) is 25.3 Å². The highest BCUT2D eigenvalue weighted by Gasteiger charge is 2.36. The Morgan fingerprint density at radius 2 is 2.14 bits per heavy atom. The van der Waals surface area contributed by atoms with Gasteiger partial charge in [-0.2, -0.15) is 0 Å². The second-order valence-electron chi connectivity index (χ2n) is 5.35. The van der Waals surface area contributed by atoms with Crippen LogP contribution in [0.5, 0.6) is 0 Å². The minimum atomic E-state index is -0.932. The number of carboxylic acid groups (broad SMARTS) is 1. The lowest BCUT2D eigenvalue weighted by molar-refractivity contribution is -0.145. The van der Waals surface area contributed by atoms with E-state index < -0.39 is 12.0 Å². The van der Waals surface area contributed by atoms with Gasteiger partial charge in [0.25, 0.3) is 0 Å². The number of urea groups is 1. The van der Waals surface area contributed by atoms with Gasteiger partial charge in [0.15, 0.2) is 0 Å². The first-order chi connectivity index (χ1) is 10.0. The van der Waals surface area contributed by atoms with Crippen molar-refractivity contribution in [1.82, 2.24) is 10.2 Å². The monoisotopic (exact) mass is 354 g/mol. The van der Waals surface area contributed by atoms with Crippen molar-refractivity contribution in [2.45, 2.75) is 32.4 Å². The molecular weight excluding hydrogens is 336 g/mol. The fourth-order valence-corrected chi connectivity index (χ4v) is 3.13. The average Bonchev–Trinajstić information content (AvgIpc) is 2.45.